The second-order valence-corrected chi connectivity index (χ2v) is 3.60. The van der Waals surface area contributed by atoms with Crippen molar-refractivity contribution < 1.29 is 18.7 Å². The summed E-state index contributed by atoms with van der Waals surface area (Å²) in [6.45, 7) is 3.62. The molecule has 0 fully saturated rings. The molecule has 3 nitrogen and oxygen atoms in total. The molecule has 1 aromatic carbocycles. The molecule has 0 saturated carbocycles. The van der Waals surface area contributed by atoms with Crippen LogP contribution in [0.25, 0.3) is 0 Å². The molecular formula is C13H17FO3. The Morgan fingerprint density at radius 2 is 1.76 bits per heavy atom. The largest absolute Gasteiger partial charge is 0.379 e. The van der Waals surface area contributed by atoms with E-state index in [2.05, 4.69) is 0 Å². The summed E-state index contributed by atoms with van der Waals surface area (Å²) in [5, 5.41) is 0. The van der Waals surface area contributed by atoms with Gasteiger partial charge in [-0.25, -0.2) is 4.39 Å². The zero-order valence-electron chi connectivity index (χ0n) is 9.95. The Labute approximate surface area is 101 Å². The van der Waals surface area contributed by atoms with Crippen molar-refractivity contribution in [2.75, 3.05) is 26.4 Å². The number of hydrogen-bond acceptors (Lipinski definition) is 3. The number of rotatable bonds is 8. The van der Waals surface area contributed by atoms with Crippen molar-refractivity contribution in [3.63, 3.8) is 0 Å². The SMILES string of the molecule is CCCOCCOCC(=O)c1ccc(F)cc1. The lowest BCUT2D eigenvalue weighted by atomic mass is 10.1. The summed E-state index contributed by atoms with van der Waals surface area (Å²) < 4.78 is 23.0. The number of ketones is 1. The van der Waals surface area contributed by atoms with E-state index in [1.54, 1.807) is 0 Å². The topological polar surface area (TPSA) is 35.5 Å². The molecule has 0 amide bonds. The number of benzene rings is 1. The van der Waals surface area contributed by atoms with E-state index in [0.717, 1.165) is 6.42 Å². The van der Waals surface area contributed by atoms with E-state index in [0.29, 0.717) is 25.4 Å². The predicted molar refractivity (Wildman–Crippen MR) is 62.7 cm³/mol. The van der Waals surface area contributed by atoms with Crippen LogP contribution in [0.3, 0.4) is 0 Å². The number of Topliss-reactive ketones (excluding diaryl/α,β-unsaturated/α-hetero) is 1. The van der Waals surface area contributed by atoms with Crippen LogP contribution in [0.15, 0.2) is 24.3 Å². The quantitative estimate of drug-likeness (QED) is 0.517. The summed E-state index contributed by atoms with van der Waals surface area (Å²) in [7, 11) is 0. The number of ether oxygens (including phenoxy) is 2. The maximum absolute atomic E-state index is 12.6. The van der Waals surface area contributed by atoms with Crippen molar-refractivity contribution >= 4 is 5.78 Å². The molecule has 17 heavy (non-hydrogen) atoms. The Balaban J connectivity index is 2.19. The standard InChI is InChI=1S/C13H17FO3/c1-2-7-16-8-9-17-10-13(15)11-3-5-12(14)6-4-11/h3-6H,2,7-10H2,1H3. The van der Waals surface area contributed by atoms with Gasteiger partial charge < -0.3 is 9.47 Å². The van der Waals surface area contributed by atoms with Gasteiger partial charge in [0.05, 0.1) is 13.2 Å². The van der Waals surface area contributed by atoms with E-state index in [-0.39, 0.29) is 18.2 Å². The summed E-state index contributed by atoms with van der Waals surface area (Å²) >= 11 is 0. The van der Waals surface area contributed by atoms with Crippen LogP contribution in [0.1, 0.15) is 23.7 Å². The fourth-order valence-electron chi connectivity index (χ4n) is 1.25. The first-order valence-corrected chi connectivity index (χ1v) is 5.68. The van der Waals surface area contributed by atoms with Gasteiger partial charge in [-0.2, -0.15) is 0 Å². The van der Waals surface area contributed by atoms with Crippen molar-refractivity contribution in [1.82, 2.24) is 0 Å². The lowest BCUT2D eigenvalue weighted by Crippen LogP contribution is -2.12. The fraction of sp³-hybridized carbons (Fsp3) is 0.462. The first kappa shape index (κ1) is 13.8. The Morgan fingerprint density at radius 3 is 2.41 bits per heavy atom. The molecule has 0 aliphatic carbocycles. The third-order valence-corrected chi connectivity index (χ3v) is 2.12. The van der Waals surface area contributed by atoms with Gasteiger partial charge in [0.25, 0.3) is 0 Å². The van der Waals surface area contributed by atoms with Gasteiger partial charge in [-0.1, -0.05) is 6.92 Å². The van der Waals surface area contributed by atoms with Gasteiger partial charge in [0.2, 0.25) is 0 Å². The van der Waals surface area contributed by atoms with Crippen LogP contribution < -0.4 is 0 Å². The van der Waals surface area contributed by atoms with Crippen molar-refractivity contribution in [3.05, 3.63) is 35.6 Å². The molecule has 1 rings (SSSR count). The number of halogens is 1. The van der Waals surface area contributed by atoms with Gasteiger partial charge in [-0.15, -0.1) is 0 Å². The Kier molecular flexibility index (Phi) is 6.43. The summed E-state index contributed by atoms with van der Waals surface area (Å²) in [4.78, 5) is 11.6. The maximum Gasteiger partial charge on any atom is 0.188 e. The molecule has 0 unspecified atom stereocenters. The summed E-state index contributed by atoms with van der Waals surface area (Å²) in [6, 6.07) is 5.43. The van der Waals surface area contributed by atoms with Crippen molar-refractivity contribution in [3.8, 4) is 0 Å². The molecule has 0 heterocycles. The highest BCUT2D eigenvalue weighted by atomic mass is 19.1. The number of carbonyl (C=O) groups excluding carboxylic acids is 1. The minimum Gasteiger partial charge on any atom is -0.379 e. The van der Waals surface area contributed by atoms with Crippen LogP contribution in [-0.4, -0.2) is 32.2 Å². The molecule has 1 aromatic rings. The predicted octanol–water partition coefficient (Wildman–Crippen LogP) is 2.45. The van der Waals surface area contributed by atoms with Crippen molar-refractivity contribution in [1.29, 1.82) is 0 Å². The molecule has 0 bridgehead atoms. The molecule has 0 aromatic heterocycles. The van der Waals surface area contributed by atoms with E-state index in [1.807, 2.05) is 6.92 Å². The van der Waals surface area contributed by atoms with Gasteiger partial charge >= 0.3 is 0 Å². The van der Waals surface area contributed by atoms with Crippen LogP contribution in [0, 0.1) is 5.82 Å². The minimum atomic E-state index is -0.351. The normalized spacial score (nSPS) is 10.5. The highest BCUT2D eigenvalue weighted by Gasteiger charge is 2.05. The van der Waals surface area contributed by atoms with Gasteiger partial charge in [0, 0.05) is 12.2 Å². The first-order chi connectivity index (χ1) is 8.24. The first-order valence-electron chi connectivity index (χ1n) is 5.68. The molecule has 0 N–H and O–H groups in total. The summed E-state index contributed by atoms with van der Waals surface area (Å²) in [5.41, 5.74) is 0.459. The highest BCUT2D eigenvalue weighted by molar-refractivity contribution is 5.96. The van der Waals surface area contributed by atoms with Gasteiger partial charge in [0.15, 0.2) is 5.78 Å². The minimum absolute atomic E-state index is 0.00111. The molecule has 4 heteroatoms. The number of hydrogen-bond donors (Lipinski definition) is 0. The van der Waals surface area contributed by atoms with Gasteiger partial charge in [0.1, 0.15) is 12.4 Å². The Bertz CT molecular complexity index is 335. The second kappa shape index (κ2) is 7.92. The average Bonchev–Trinajstić information content (AvgIpc) is 2.34. The fourth-order valence-corrected chi connectivity index (χ4v) is 1.25. The lowest BCUT2D eigenvalue weighted by molar-refractivity contribution is 0.0441. The van der Waals surface area contributed by atoms with E-state index < -0.39 is 0 Å². The van der Waals surface area contributed by atoms with Crippen LogP contribution in [0.5, 0.6) is 0 Å². The average molecular weight is 240 g/mol. The second-order valence-electron chi connectivity index (χ2n) is 3.60. The maximum atomic E-state index is 12.6. The van der Waals surface area contributed by atoms with Crippen LogP contribution in [0.4, 0.5) is 4.39 Å². The molecule has 0 saturated heterocycles. The van der Waals surface area contributed by atoms with E-state index in [1.165, 1.54) is 24.3 Å². The van der Waals surface area contributed by atoms with Crippen LogP contribution >= 0.6 is 0 Å². The van der Waals surface area contributed by atoms with E-state index >= 15 is 0 Å². The van der Waals surface area contributed by atoms with Crippen LogP contribution in [0.2, 0.25) is 0 Å². The summed E-state index contributed by atoms with van der Waals surface area (Å²) in [6.07, 6.45) is 0.967. The smallest absolute Gasteiger partial charge is 0.188 e. The van der Waals surface area contributed by atoms with Gasteiger partial charge in [-0.05, 0) is 30.7 Å². The van der Waals surface area contributed by atoms with Gasteiger partial charge in [-0.3, -0.25) is 4.79 Å². The molecule has 0 aliphatic rings. The third kappa shape index (κ3) is 5.56. The Morgan fingerprint density at radius 1 is 1.12 bits per heavy atom. The van der Waals surface area contributed by atoms with Crippen molar-refractivity contribution in [2.45, 2.75) is 13.3 Å². The molecule has 0 radical (unpaired) electrons. The lowest BCUT2D eigenvalue weighted by Gasteiger charge is -2.04. The monoisotopic (exact) mass is 240 g/mol. The molecular weight excluding hydrogens is 223 g/mol. The van der Waals surface area contributed by atoms with E-state index in [9.17, 15) is 9.18 Å². The molecule has 94 valence electrons. The zero-order chi connectivity index (χ0) is 12.5. The molecule has 0 aliphatic heterocycles. The molecule has 0 atom stereocenters. The van der Waals surface area contributed by atoms with Crippen LogP contribution in [-0.2, 0) is 9.47 Å². The number of carbonyl (C=O) groups is 1. The highest BCUT2D eigenvalue weighted by Crippen LogP contribution is 2.03. The molecule has 0 spiro atoms. The zero-order valence-corrected chi connectivity index (χ0v) is 9.95. The summed E-state index contributed by atoms with van der Waals surface area (Å²) in [5.74, 6) is -0.504. The Hall–Kier alpha value is -1.26. The van der Waals surface area contributed by atoms with Crippen molar-refractivity contribution in [2.24, 2.45) is 0 Å². The van der Waals surface area contributed by atoms with E-state index in [4.69, 9.17) is 9.47 Å². The third-order valence-electron chi connectivity index (χ3n) is 2.12.